The molecule has 11 nitrogen and oxygen atoms in total. The molecule has 11 heteroatoms. The molecule has 3 aromatic rings. The summed E-state index contributed by atoms with van der Waals surface area (Å²) in [7, 11) is 1.53. The van der Waals surface area contributed by atoms with E-state index in [9.17, 15) is 14.4 Å². The number of nitrogens with zero attached hydrogens (tertiary/aromatic N) is 3. The summed E-state index contributed by atoms with van der Waals surface area (Å²) in [5.74, 6) is 2.02. The molecule has 1 saturated heterocycles. The third kappa shape index (κ3) is 7.16. The van der Waals surface area contributed by atoms with Gasteiger partial charge in [0, 0.05) is 44.9 Å². The first kappa shape index (κ1) is 28.0. The molecule has 5 aliphatic heterocycles. The first-order valence-electron chi connectivity index (χ1n) is 13.7. The monoisotopic (exact) mass is 561 g/mol. The van der Waals surface area contributed by atoms with Crippen LogP contribution in [0.4, 0.5) is 0 Å². The minimum atomic E-state index is -0.412. The second-order valence-electron chi connectivity index (χ2n) is 10.2. The Morgan fingerprint density at radius 1 is 1.07 bits per heavy atom. The van der Waals surface area contributed by atoms with Crippen molar-refractivity contribution in [2.24, 2.45) is 0 Å². The molecule has 4 bridgehead atoms. The highest BCUT2D eigenvalue weighted by Crippen LogP contribution is 2.29. The number of amides is 3. The summed E-state index contributed by atoms with van der Waals surface area (Å²) in [6, 6.07) is 12.4. The summed E-state index contributed by atoms with van der Waals surface area (Å²) in [4.78, 5) is 44.5. The van der Waals surface area contributed by atoms with Crippen molar-refractivity contribution in [1.29, 1.82) is 0 Å². The van der Waals surface area contributed by atoms with Gasteiger partial charge in [0.25, 0.3) is 5.91 Å². The zero-order valence-corrected chi connectivity index (χ0v) is 23.3. The molecule has 0 saturated carbocycles. The first-order chi connectivity index (χ1) is 19.9. The second-order valence-corrected chi connectivity index (χ2v) is 10.2. The van der Waals surface area contributed by atoms with Gasteiger partial charge in [-0.1, -0.05) is 18.2 Å². The van der Waals surface area contributed by atoms with E-state index in [-0.39, 0.29) is 36.8 Å². The number of carbonyl (C=O) groups excluding carboxylic acids is 3. The van der Waals surface area contributed by atoms with Crippen molar-refractivity contribution < 1.29 is 28.6 Å². The van der Waals surface area contributed by atoms with Crippen molar-refractivity contribution >= 4 is 17.7 Å². The predicted molar refractivity (Wildman–Crippen MR) is 150 cm³/mol. The van der Waals surface area contributed by atoms with Crippen molar-refractivity contribution in [2.45, 2.75) is 51.4 Å². The van der Waals surface area contributed by atoms with Crippen LogP contribution in [0.2, 0.25) is 0 Å². The summed E-state index contributed by atoms with van der Waals surface area (Å²) in [5, 5.41) is 5.96. The van der Waals surface area contributed by atoms with Crippen molar-refractivity contribution in [3.63, 3.8) is 0 Å². The zero-order valence-electron chi connectivity index (χ0n) is 23.3. The van der Waals surface area contributed by atoms with Crippen LogP contribution in [0.15, 0.2) is 54.9 Å². The molecule has 8 rings (SSSR count). The summed E-state index contributed by atoms with van der Waals surface area (Å²) in [6.45, 7) is 3.35. The van der Waals surface area contributed by atoms with E-state index in [4.69, 9.17) is 14.2 Å². The Bertz CT molecular complexity index is 1390. The van der Waals surface area contributed by atoms with Crippen LogP contribution in [-0.4, -0.2) is 71.1 Å². The summed E-state index contributed by atoms with van der Waals surface area (Å²) < 4.78 is 19.4. The number of imidazole rings is 1. The van der Waals surface area contributed by atoms with E-state index in [0.717, 1.165) is 17.0 Å². The maximum Gasteiger partial charge on any atom is 0.258 e. The Labute approximate surface area is 238 Å². The maximum atomic E-state index is 13.1. The molecule has 0 aliphatic carbocycles. The Balaban J connectivity index is 1.32. The number of ether oxygens (including phenoxy) is 3. The highest BCUT2D eigenvalue weighted by Gasteiger charge is 2.37. The highest BCUT2D eigenvalue weighted by molar-refractivity contribution is 5.79. The molecule has 2 N–H and O–H groups in total. The topological polar surface area (TPSA) is 124 Å². The van der Waals surface area contributed by atoms with Gasteiger partial charge in [-0.05, 0) is 48.7 Å². The molecule has 1 fully saturated rings. The lowest BCUT2D eigenvalue weighted by molar-refractivity contribution is -0.131. The number of carbonyl (C=O) groups is 3. The molecule has 3 amide bonds. The molecule has 1 aromatic heterocycles. The average Bonchev–Trinajstić information content (AvgIpc) is 3.58. The van der Waals surface area contributed by atoms with Crippen LogP contribution in [0, 0.1) is 6.92 Å². The Morgan fingerprint density at radius 2 is 1.88 bits per heavy atom. The van der Waals surface area contributed by atoms with E-state index < -0.39 is 6.10 Å². The number of methoxy groups -OCH3 is 1. The van der Waals surface area contributed by atoms with Crippen LogP contribution in [0.3, 0.4) is 0 Å². The summed E-state index contributed by atoms with van der Waals surface area (Å²) in [5.41, 5.74) is 1.79. The number of hydrogen-bond donors (Lipinski definition) is 2. The number of nitrogens with one attached hydrogen (secondary N) is 2. The van der Waals surface area contributed by atoms with Gasteiger partial charge in [-0.2, -0.15) is 0 Å². The second kappa shape index (κ2) is 12.8. The Hall–Kier alpha value is -4.54. The van der Waals surface area contributed by atoms with Crippen molar-refractivity contribution in [3.8, 4) is 17.2 Å². The van der Waals surface area contributed by atoms with Crippen molar-refractivity contribution in [3.05, 3.63) is 71.8 Å². The molecule has 216 valence electrons. The van der Waals surface area contributed by atoms with Gasteiger partial charge in [0.15, 0.2) is 18.1 Å². The van der Waals surface area contributed by atoms with Crippen LogP contribution in [0.25, 0.3) is 0 Å². The molecular formula is C30H35N5O6. The molecule has 41 heavy (non-hydrogen) atoms. The van der Waals surface area contributed by atoms with Crippen molar-refractivity contribution in [2.75, 3.05) is 26.8 Å². The fraction of sp³-hybridized carbons (Fsp3) is 0.400. The summed E-state index contributed by atoms with van der Waals surface area (Å²) >= 11 is 0. The van der Waals surface area contributed by atoms with E-state index in [2.05, 4.69) is 15.6 Å². The molecular weight excluding hydrogens is 526 g/mol. The number of likely N-dealkylation sites (tertiary alicyclic amines) is 1. The van der Waals surface area contributed by atoms with Crippen LogP contribution < -0.4 is 24.8 Å². The molecule has 5 aliphatic rings. The number of aromatic nitrogens is 2. The smallest absolute Gasteiger partial charge is 0.258 e. The SMILES string of the molecule is COc1cc2ccc1OCC(=O)NCc1ccc(cc1)O[C@H]1CN(C(=O)CCn3ccnc3C)C[C@@H]1NC(=O)CC2. The van der Waals surface area contributed by atoms with E-state index in [1.165, 1.54) is 7.11 Å². The third-order valence-corrected chi connectivity index (χ3v) is 7.38. The van der Waals surface area contributed by atoms with Crippen LogP contribution in [0.5, 0.6) is 17.2 Å². The highest BCUT2D eigenvalue weighted by atomic mass is 16.5. The van der Waals surface area contributed by atoms with E-state index >= 15 is 0 Å². The lowest BCUT2D eigenvalue weighted by Gasteiger charge is -2.21. The van der Waals surface area contributed by atoms with Crippen LogP contribution >= 0.6 is 0 Å². The van der Waals surface area contributed by atoms with Crippen LogP contribution in [-0.2, 0) is 33.9 Å². The minimum Gasteiger partial charge on any atom is -0.493 e. The Morgan fingerprint density at radius 3 is 2.63 bits per heavy atom. The van der Waals surface area contributed by atoms with Crippen molar-refractivity contribution in [1.82, 2.24) is 25.1 Å². The normalized spacial score (nSPS) is 19.5. The van der Waals surface area contributed by atoms with Gasteiger partial charge in [0.2, 0.25) is 11.8 Å². The van der Waals surface area contributed by atoms with E-state index in [1.54, 1.807) is 17.2 Å². The lowest BCUT2D eigenvalue weighted by Crippen LogP contribution is -2.45. The van der Waals surface area contributed by atoms with Gasteiger partial charge >= 0.3 is 0 Å². The van der Waals surface area contributed by atoms with Gasteiger partial charge in [-0.25, -0.2) is 4.98 Å². The predicted octanol–water partition coefficient (Wildman–Crippen LogP) is 2.01. The summed E-state index contributed by atoms with van der Waals surface area (Å²) in [6.07, 6.45) is 4.22. The number of aryl methyl sites for hydroxylation is 3. The first-order valence-corrected chi connectivity index (χ1v) is 13.7. The number of benzene rings is 2. The fourth-order valence-corrected chi connectivity index (χ4v) is 5.03. The quantitative estimate of drug-likeness (QED) is 0.500. The fourth-order valence-electron chi connectivity index (χ4n) is 5.03. The molecule has 0 radical (unpaired) electrons. The lowest BCUT2D eigenvalue weighted by atomic mass is 10.1. The molecule has 2 aromatic carbocycles. The maximum absolute atomic E-state index is 13.1. The van der Waals surface area contributed by atoms with Gasteiger partial charge in [-0.3, -0.25) is 14.4 Å². The number of rotatable bonds is 4. The molecule has 6 heterocycles. The standard InChI is InChI=1S/C30H35N5O6/c1-20-31-12-14-34(20)13-11-30(38)35-17-24-27(18-35)41-23-7-3-22(4-8-23)16-32-29(37)19-40-25-9-5-21(15-26(25)39-2)6-10-28(36)33-24/h3-5,7-9,12,14-15,24,27H,6,10-11,13,16-19H2,1-2H3,(H,32,37)(H,33,36)/t24-,27-/m0/s1. The van der Waals surface area contributed by atoms with Gasteiger partial charge < -0.3 is 34.3 Å². The third-order valence-electron chi connectivity index (χ3n) is 7.38. The van der Waals surface area contributed by atoms with Gasteiger partial charge in [0.05, 0.1) is 19.7 Å². The molecule has 0 unspecified atom stereocenters. The molecule has 0 spiro atoms. The van der Waals surface area contributed by atoms with Gasteiger partial charge in [-0.15, -0.1) is 0 Å². The van der Waals surface area contributed by atoms with E-state index in [1.807, 2.05) is 54.1 Å². The zero-order chi connectivity index (χ0) is 28.8. The number of hydrogen-bond acceptors (Lipinski definition) is 7. The Kier molecular flexibility index (Phi) is 8.71. The average molecular weight is 562 g/mol. The molecule has 2 atom stereocenters. The minimum absolute atomic E-state index is 0.00513. The van der Waals surface area contributed by atoms with E-state index in [0.29, 0.717) is 56.3 Å². The largest absolute Gasteiger partial charge is 0.493 e. The van der Waals surface area contributed by atoms with Gasteiger partial charge in [0.1, 0.15) is 17.7 Å². The van der Waals surface area contributed by atoms with Crippen LogP contribution in [0.1, 0.15) is 29.8 Å².